The fourth-order valence-electron chi connectivity index (χ4n) is 3.59. The van der Waals surface area contributed by atoms with Crippen LogP contribution in [0.3, 0.4) is 0 Å². The third-order valence-corrected chi connectivity index (χ3v) is 5.41. The van der Waals surface area contributed by atoms with Gasteiger partial charge in [-0.05, 0) is 55.3 Å². The zero-order valence-electron chi connectivity index (χ0n) is 17.9. The summed E-state index contributed by atoms with van der Waals surface area (Å²) >= 11 is 0. The number of methoxy groups -OCH3 is 1. The zero-order valence-corrected chi connectivity index (χ0v) is 17.9. The number of amides is 1. The Morgan fingerprint density at radius 2 is 1.80 bits per heavy atom. The predicted octanol–water partition coefficient (Wildman–Crippen LogP) is 3.04. The molecular formula is C24H32N2O4. The molecule has 6 nitrogen and oxygen atoms in total. The van der Waals surface area contributed by atoms with E-state index in [2.05, 4.69) is 17.3 Å². The summed E-state index contributed by atoms with van der Waals surface area (Å²) in [6, 6.07) is 16.0. The highest BCUT2D eigenvalue weighted by Gasteiger charge is 2.18. The number of hydrogen-bond acceptors (Lipinski definition) is 5. The van der Waals surface area contributed by atoms with E-state index >= 15 is 0 Å². The first-order valence-electron chi connectivity index (χ1n) is 10.5. The van der Waals surface area contributed by atoms with Gasteiger partial charge >= 0.3 is 0 Å². The molecule has 0 saturated carbocycles. The fourth-order valence-corrected chi connectivity index (χ4v) is 3.59. The van der Waals surface area contributed by atoms with Crippen LogP contribution in [0.4, 0.5) is 0 Å². The number of likely N-dealkylation sites (N-methyl/N-ethyl adjacent to an activating group) is 1. The minimum Gasteiger partial charge on any atom is -0.497 e. The third-order valence-electron chi connectivity index (χ3n) is 5.41. The number of hydrogen-bond donors (Lipinski definition) is 1. The summed E-state index contributed by atoms with van der Waals surface area (Å²) in [7, 11) is 3.77. The van der Waals surface area contributed by atoms with E-state index in [9.17, 15) is 4.79 Å². The van der Waals surface area contributed by atoms with Crippen molar-refractivity contribution in [2.45, 2.75) is 31.8 Å². The first-order valence-corrected chi connectivity index (χ1v) is 10.5. The van der Waals surface area contributed by atoms with Crippen molar-refractivity contribution < 1.29 is 19.0 Å². The lowest BCUT2D eigenvalue weighted by atomic mass is 10.1. The van der Waals surface area contributed by atoms with Gasteiger partial charge in [-0.15, -0.1) is 0 Å². The lowest BCUT2D eigenvalue weighted by molar-refractivity contribution is -0.120. The maximum Gasteiger partial charge on any atom is 0.224 e. The predicted molar refractivity (Wildman–Crippen MR) is 117 cm³/mol. The molecule has 0 atom stereocenters. The lowest BCUT2D eigenvalue weighted by Gasteiger charge is -2.31. The van der Waals surface area contributed by atoms with Gasteiger partial charge in [0.25, 0.3) is 0 Å². The van der Waals surface area contributed by atoms with Crippen molar-refractivity contribution in [2.75, 3.05) is 40.5 Å². The molecular weight excluding hydrogens is 380 g/mol. The highest BCUT2D eigenvalue weighted by molar-refractivity contribution is 5.78. The molecule has 1 aliphatic heterocycles. The molecule has 3 rings (SSSR count). The Labute approximate surface area is 179 Å². The molecule has 0 aromatic heterocycles. The average molecular weight is 413 g/mol. The smallest absolute Gasteiger partial charge is 0.224 e. The van der Waals surface area contributed by atoms with E-state index in [-0.39, 0.29) is 5.91 Å². The number of carbonyl (C=O) groups excluding carboxylic acids is 1. The summed E-state index contributed by atoms with van der Waals surface area (Å²) < 4.78 is 16.6. The highest BCUT2D eigenvalue weighted by atomic mass is 16.5. The maximum atomic E-state index is 12.3. The summed E-state index contributed by atoms with van der Waals surface area (Å²) in [4.78, 5) is 14.6. The topological polar surface area (TPSA) is 60.0 Å². The van der Waals surface area contributed by atoms with Gasteiger partial charge in [0.2, 0.25) is 5.91 Å². The Balaban J connectivity index is 1.41. The van der Waals surface area contributed by atoms with Crippen molar-refractivity contribution in [1.82, 2.24) is 10.2 Å². The molecule has 0 radical (unpaired) electrons. The Hall–Kier alpha value is -2.57. The van der Waals surface area contributed by atoms with E-state index in [0.29, 0.717) is 25.6 Å². The van der Waals surface area contributed by atoms with Gasteiger partial charge < -0.3 is 19.5 Å². The van der Waals surface area contributed by atoms with Gasteiger partial charge in [0.1, 0.15) is 18.1 Å². The molecule has 1 N–H and O–H groups in total. The fraction of sp³-hybridized carbons (Fsp3) is 0.458. The summed E-state index contributed by atoms with van der Waals surface area (Å²) in [6.07, 6.45) is 2.49. The first-order chi connectivity index (χ1) is 14.6. The van der Waals surface area contributed by atoms with E-state index in [1.54, 1.807) is 7.11 Å². The van der Waals surface area contributed by atoms with E-state index in [0.717, 1.165) is 55.2 Å². The molecule has 162 valence electrons. The third kappa shape index (κ3) is 7.04. The zero-order chi connectivity index (χ0) is 21.2. The van der Waals surface area contributed by atoms with Crippen LogP contribution in [0, 0.1) is 0 Å². The normalized spacial score (nSPS) is 14.5. The van der Waals surface area contributed by atoms with Crippen LogP contribution in [0.1, 0.15) is 24.0 Å². The van der Waals surface area contributed by atoms with Crippen LogP contribution in [0.25, 0.3) is 0 Å². The van der Waals surface area contributed by atoms with Gasteiger partial charge in [-0.1, -0.05) is 24.3 Å². The first kappa shape index (κ1) is 22.1. The molecule has 1 heterocycles. The molecule has 2 aromatic carbocycles. The molecule has 0 unspecified atom stereocenters. The molecule has 30 heavy (non-hydrogen) atoms. The van der Waals surface area contributed by atoms with Gasteiger partial charge in [-0.25, -0.2) is 0 Å². The second kappa shape index (κ2) is 11.6. The van der Waals surface area contributed by atoms with Crippen LogP contribution < -0.4 is 14.8 Å². The van der Waals surface area contributed by atoms with Gasteiger partial charge in [0, 0.05) is 32.3 Å². The minimum absolute atomic E-state index is 0.0207. The number of carbonyl (C=O) groups is 1. The second-order valence-corrected chi connectivity index (χ2v) is 7.63. The van der Waals surface area contributed by atoms with Crippen molar-refractivity contribution in [3.05, 3.63) is 59.7 Å². The van der Waals surface area contributed by atoms with Gasteiger partial charge in [-0.2, -0.15) is 0 Å². The molecule has 1 amide bonds. The minimum atomic E-state index is -0.0207. The SMILES string of the molecule is COc1cccc(CC(=O)NCc2cccc(OCCN(C)C3CCOCC3)c2)c1. The van der Waals surface area contributed by atoms with Crippen LogP contribution in [-0.2, 0) is 22.5 Å². The molecule has 1 aliphatic rings. The standard InChI is InChI=1S/C24H32N2O4/c1-26(21-9-12-29-13-10-21)11-14-30-23-8-4-6-20(16-23)18-25-24(27)17-19-5-3-7-22(15-19)28-2/h3-8,15-16,21H,9-14,17-18H2,1-2H3,(H,25,27). The second-order valence-electron chi connectivity index (χ2n) is 7.63. The van der Waals surface area contributed by atoms with Gasteiger partial charge in [-0.3, -0.25) is 9.69 Å². The molecule has 6 heteroatoms. The Kier molecular flexibility index (Phi) is 8.53. The van der Waals surface area contributed by atoms with Crippen molar-refractivity contribution in [1.29, 1.82) is 0 Å². The summed E-state index contributed by atoms with van der Waals surface area (Å²) in [6.45, 7) is 3.69. The van der Waals surface area contributed by atoms with Crippen LogP contribution in [0.5, 0.6) is 11.5 Å². The highest BCUT2D eigenvalue weighted by Crippen LogP contribution is 2.16. The average Bonchev–Trinajstić information content (AvgIpc) is 2.78. The monoisotopic (exact) mass is 412 g/mol. The van der Waals surface area contributed by atoms with Crippen molar-refractivity contribution >= 4 is 5.91 Å². The van der Waals surface area contributed by atoms with E-state index in [1.807, 2.05) is 48.5 Å². The van der Waals surface area contributed by atoms with E-state index < -0.39 is 0 Å². The Bertz CT molecular complexity index is 805. The molecule has 0 bridgehead atoms. The molecule has 1 fully saturated rings. The van der Waals surface area contributed by atoms with E-state index in [4.69, 9.17) is 14.2 Å². The number of nitrogens with zero attached hydrogens (tertiary/aromatic N) is 1. The lowest BCUT2D eigenvalue weighted by Crippen LogP contribution is -2.38. The van der Waals surface area contributed by atoms with Gasteiger partial charge in [0.05, 0.1) is 13.5 Å². The molecule has 1 saturated heterocycles. The molecule has 0 spiro atoms. The van der Waals surface area contributed by atoms with E-state index in [1.165, 1.54) is 0 Å². The van der Waals surface area contributed by atoms with Crippen LogP contribution in [-0.4, -0.2) is 57.4 Å². The quantitative estimate of drug-likeness (QED) is 0.650. The maximum absolute atomic E-state index is 12.3. The van der Waals surface area contributed by atoms with Crippen molar-refractivity contribution in [3.63, 3.8) is 0 Å². The Morgan fingerprint density at radius 1 is 1.10 bits per heavy atom. The number of benzene rings is 2. The number of nitrogens with one attached hydrogen (secondary N) is 1. The number of ether oxygens (including phenoxy) is 3. The van der Waals surface area contributed by atoms with Crippen molar-refractivity contribution in [3.8, 4) is 11.5 Å². The van der Waals surface area contributed by atoms with Crippen LogP contribution in [0.15, 0.2) is 48.5 Å². The van der Waals surface area contributed by atoms with Crippen LogP contribution in [0.2, 0.25) is 0 Å². The van der Waals surface area contributed by atoms with Crippen LogP contribution >= 0.6 is 0 Å². The van der Waals surface area contributed by atoms with Gasteiger partial charge in [0.15, 0.2) is 0 Å². The summed E-state index contributed by atoms with van der Waals surface area (Å²) in [5, 5.41) is 2.97. The largest absolute Gasteiger partial charge is 0.497 e. The molecule has 2 aromatic rings. The molecule has 0 aliphatic carbocycles. The summed E-state index contributed by atoms with van der Waals surface area (Å²) in [5.41, 5.74) is 1.95. The number of rotatable bonds is 10. The van der Waals surface area contributed by atoms with Crippen molar-refractivity contribution in [2.24, 2.45) is 0 Å². The summed E-state index contributed by atoms with van der Waals surface area (Å²) in [5.74, 6) is 1.56. The Morgan fingerprint density at radius 3 is 2.57 bits per heavy atom.